The number of fused-ring (bicyclic) bond motifs is 1. The average Bonchev–Trinajstić information content (AvgIpc) is 3.58. The molecule has 12 heteroatoms. The van der Waals surface area contributed by atoms with Gasteiger partial charge in [0.05, 0.1) is 11.9 Å². The molecule has 39 heavy (non-hydrogen) atoms. The van der Waals surface area contributed by atoms with Crippen LogP contribution in [0.1, 0.15) is 37.3 Å². The molecule has 2 aliphatic heterocycles. The van der Waals surface area contributed by atoms with Gasteiger partial charge in [0.15, 0.2) is 0 Å². The van der Waals surface area contributed by atoms with Gasteiger partial charge in [-0.25, -0.2) is 23.2 Å². The molecule has 3 N–H and O–H groups in total. The summed E-state index contributed by atoms with van der Waals surface area (Å²) in [4.78, 5) is 38.0. The number of carboxylic acids is 1. The van der Waals surface area contributed by atoms with Crippen LogP contribution in [0.3, 0.4) is 0 Å². The van der Waals surface area contributed by atoms with E-state index in [-0.39, 0.29) is 25.1 Å². The minimum absolute atomic E-state index is 0.0880. The first-order valence-corrected chi connectivity index (χ1v) is 14.2. The average molecular weight is 553 g/mol. The number of carbonyl (C=O) groups is 2. The zero-order valence-corrected chi connectivity index (χ0v) is 22.6. The summed E-state index contributed by atoms with van der Waals surface area (Å²) < 4.78 is 25.7. The Labute approximate surface area is 228 Å². The van der Waals surface area contributed by atoms with Crippen LogP contribution in [0.15, 0.2) is 42.7 Å². The fourth-order valence-electron chi connectivity index (χ4n) is 5.65. The van der Waals surface area contributed by atoms with Gasteiger partial charge in [0.2, 0.25) is 16.8 Å². The van der Waals surface area contributed by atoms with Crippen molar-refractivity contribution < 1.29 is 23.1 Å². The highest BCUT2D eigenvalue weighted by Gasteiger charge is 2.43. The van der Waals surface area contributed by atoms with Crippen molar-refractivity contribution in [3.8, 4) is 0 Å². The summed E-state index contributed by atoms with van der Waals surface area (Å²) in [5.74, 6) is -0.509. The maximum Gasteiger partial charge on any atom is 0.326 e. The lowest BCUT2D eigenvalue weighted by Crippen LogP contribution is -2.48. The van der Waals surface area contributed by atoms with Crippen molar-refractivity contribution in [2.45, 2.75) is 51.1 Å². The topological polar surface area (TPSA) is 150 Å². The number of rotatable bonds is 9. The number of nitrogen functional groups attached to an aromatic ring is 1. The number of hydrogen-bond acceptors (Lipinski definition) is 8. The lowest BCUT2D eigenvalue weighted by molar-refractivity contribution is -0.148. The monoisotopic (exact) mass is 552 g/mol. The molecule has 0 aliphatic carbocycles. The van der Waals surface area contributed by atoms with E-state index in [0.717, 1.165) is 58.0 Å². The van der Waals surface area contributed by atoms with E-state index in [1.807, 2.05) is 25.1 Å². The van der Waals surface area contributed by atoms with E-state index in [4.69, 9.17) is 5.73 Å². The van der Waals surface area contributed by atoms with Gasteiger partial charge in [-0.1, -0.05) is 13.0 Å². The maximum absolute atomic E-state index is 13.5. The minimum Gasteiger partial charge on any atom is -0.480 e. The van der Waals surface area contributed by atoms with Gasteiger partial charge in [-0.05, 0) is 66.5 Å². The van der Waals surface area contributed by atoms with E-state index in [1.54, 1.807) is 18.3 Å². The van der Waals surface area contributed by atoms with Crippen LogP contribution in [0.5, 0.6) is 0 Å². The number of aliphatic carboxylic acids is 1. The van der Waals surface area contributed by atoms with E-state index in [2.05, 4.69) is 14.9 Å². The number of anilines is 3. The Hall–Kier alpha value is -3.93. The third-order valence-electron chi connectivity index (χ3n) is 7.68. The number of nitrogens with zero attached hydrogens (tertiary/aromatic N) is 5. The van der Waals surface area contributed by atoms with Crippen LogP contribution in [0.4, 0.5) is 17.3 Å². The van der Waals surface area contributed by atoms with Crippen molar-refractivity contribution in [2.24, 2.45) is 0 Å². The molecule has 1 amide bonds. The Balaban J connectivity index is 1.40. The molecule has 206 valence electrons. The number of nitrogens with two attached hydrogens (primary N) is 1. The number of amides is 1. The van der Waals surface area contributed by atoms with Gasteiger partial charge >= 0.3 is 5.97 Å². The van der Waals surface area contributed by atoms with Gasteiger partial charge in [0.1, 0.15) is 23.7 Å². The third kappa shape index (κ3) is 5.20. The summed E-state index contributed by atoms with van der Waals surface area (Å²) in [5.41, 5.74) is 8.04. The highest BCUT2D eigenvalue weighted by atomic mass is 32.2. The van der Waals surface area contributed by atoms with Crippen molar-refractivity contribution in [3.63, 3.8) is 0 Å². The zero-order chi connectivity index (χ0) is 27.7. The van der Waals surface area contributed by atoms with Crippen LogP contribution in [0.2, 0.25) is 0 Å². The fraction of sp³-hybridized carbons (Fsp3) is 0.407. The zero-order valence-electron chi connectivity index (χ0n) is 21.7. The highest BCUT2D eigenvalue weighted by Crippen LogP contribution is 2.30. The first-order chi connectivity index (χ1) is 18.8. The molecule has 0 spiro atoms. The fourth-order valence-corrected chi connectivity index (χ4v) is 6.40. The Morgan fingerprint density at radius 2 is 1.92 bits per heavy atom. The number of aromatic nitrogens is 2. The molecular formula is C27H32N6O5S. The molecule has 11 nitrogen and oxygen atoms in total. The predicted molar refractivity (Wildman–Crippen MR) is 149 cm³/mol. The number of aryl methyl sites for hydroxylation is 1. The number of hydrogen-bond donors (Lipinski definition) is 3. The van der Waals surface area contributed by atoms with Gasteiger partial charge in [0.25, 0.3) is 0 Å². The maximum atomic E-state index is 13.5. The molecule has 2 aromatic heterocycles. The minimum atomic E-state index is -3.16. The lowest BCUT2D eigenvalue weighted by atomic mass is 9.94. The van der Waals surface area contributed by atoms with Crippen molar-refractivity contribution in [1.29, 1.82) is 0 Å². The molecule has 3 aromatic rings. The van der Waals surface area contributed by atoms with Crippen molar-refractivity contribution in [2.75, 3.05) is 34.6 Å². The number of pyridine rings is 2. The first kappa shape index (κ1) is 26.7. The summed E-state index contributed by atoms with van der Waals surface area (Å²) in [6, 6.07) is 6.87. The molecule has 4 heterocycles. The van der Waals surface area contributed by atoms with Crippen LogP contribution >= 0.6 is 0 Å². The molecule has 0 unspecified atom stereocenters. The van der Waals surface area contributed by atoms with Crippen LogP contribution in [-0.2, 0) is 33.3 Å². The van der Waals surface area contributed by atoms with Gasteiger partial charge in [0, 0.05) is 37.6 Å². The second-order valence-electron chi connectivity index (χ2n) is 9.94. The lowest BCUT2D eigenvalue weighted by Gasteiger charge is -2.28. The summed E-state index contributed by atoms with van der Waals surface area (Å²) in [6.07, 6.45) is 6.15. The molecule has 1 aromatic carbocycles. The Morgan fingerprint density at radius 1 is 1.15 bits per heavy atom. The smallest absolute Gasteiger partial charge is 0.326 e. The molecular weight excluding hydrogens is 520 g/mol. The standard InChI is InChI=1S/C27H32N6O5S/c1-2-17-14-21-18(7-9-29-25(21)28)13-19(17)15-23(27(35)36)32-12-8-22(26(32)34)33(39(37)38)20-5-6-24(30-16-20)31-10-3-4-11-31/h5-7,9,13-14,16,22-23,39H,2-4,8,10-12,15H2,1H3,(H2,28,29)(H,35,36)/t22-,23+/m0/s1. The molecule has 0 saturated carbocycles. The van der Waals surface area contributed by atoms with Crippen molar-refractivity contribution in [3.05, 3.63) is 53.9 Å². The van der Waals surface area contributed by atoms with Crippen molar-refractivity contribution in [1.82, 2.24) is 14.9 Å². The Morgan fingerprint density at radius 3 is 2.56 bits per heavy atom. The van der Waals surface area contributed by atoms with Crippen molar-refractivity contribution >= 4 is 50.9 Å². The summed E-state index contributed by atoms with van der Waals surface area (Å²) in [6.45, 7) is 3.90. The molecule has 5 rings (SSSR count). The summed E-state index contributed by atoms with van der Waals surface area (Å²) in [5, 5.41) is 11.8. The largest absolute Gasteiger partial charge is 0.480 e. The van der Waals surface area contributed by atoms with Crippen LogP contribution in [-0.4, -0.2) is 72.0 Å². The molecule has 2 aliphatic rings. The third-order valence-corrected chi connectivity index (χ3v) is 8.54. The van der Waals surface area contributed by atoms with Crippen LogP contribution < -0.4 is 14.9 Å². The number of carboxylic acid groups (broad SMARTS) is 1. The van der Waals surface area contributed by atoms with Gasteiger partial charge in [-0.3, -0.25) is 9.10 Å². The van der Waals surface area contributed by atoms with E-state index < -0.39 is 34.9 Å². The van der Waals surface area contributed by atoms with E-state index >= 15 is 0 Å². The molecule has 2 saturated heterocycles. The highest BCUT2D eigenvalue weighted by molar-refractivity contribution is 7.74. The number of benzene rings is 1. The van der Waals surface area contributed by atoms with E-state index in [0.29, 0.717) is 12.2 Å². The van der Waals surface area contributed by atoms with Gasteiger partial charge in [-0.15, -0.1) is 0 Å². The summed E-state index contributed by atoms with van der Waals surface area (Å²) in [7, 11) is -3.16. The Bertz CT molecular complexity index is 1460. The van der Waals surface area contributed by atoms with Gasteiger partial charge < -0.3 is 20.6 Å². The molecule has 0 bridgehead atoms. The second-order valence-corrected chi connectivity index (χ2v) is 10.8. The molecule has 0 radical (unpaired) electrons. The number of likely N-dealkylation sites (tertiary alicyclic amines) is 1. The predicted octanol–water partition coefficient (Wildman–Crippen LogP) is 2.00. The van der Waals surface area contributed by atoms with E-state index in [1.165, 1.54) is 11.1 Å². The van der Waals surface area contributed by atoms with Crippen LogP contribution in [0, 0.1) is 0 Å². The Kier molecular flexibility index (Phi) is 7.56. The van der Waals surface area contributed by atoms with Gasteiger partial charge in [-0.2, -0.15) is 0 Å². The first-order valence-electron chi connectivity index (χ1n) is 13.1. The summed E-state index contributed by atoms with van der Waals surface area (Å²) >= 11 is 0. The SMILES string of the molecule is CCc1cc2c(N)nccc2cc1C[C@H](C(=O)O)N1CC[C@H](N(c2ccc(N3CCCC3)nc2)[SH](=O)=O)C1=O. The molecule has 2 fully saturated rings. The normalized spacial score (nSPS) is 18.3. The number of carbonyl (C=O) groups excluding carboxylic acids is 1. The van der Waals surface area contributed by atoms with E-state index in [9.17, 15) is 23.1 Å². The number of thiol groups is 1. The quantitative estimate of drug-likeness (QED) is 0.339. The second kappa shape index (κ2) is 11.0. The van der Waals surface area contributed by atoms with Crippen LogP contribution in [0.25, 0.3) is 10.8 Å². The molecule has 2 atom stereocenters.